The zero-order chi connectivity index (χ0) is 20.5. The number of ether oxygens (including phenoxy) is 1. The Bertz CT molecular complexity index is 850. The maximum Gasteiger partial charge on any atom is 0.257 e. The summed E-state index contributed by atoms with van der Waals surface area (Å²) in [4.78, 5) is 24.2. The smallest absolute Gasteiger partial charge is 0.257 e. The first-order valence-electron chi connectivity index (χ1n) is 9.09. The molecule has 0 aliphatic carbocycles. The van der Waals surface area contributed by atoms with E-state index < -0.39 is 0 Å². The molecule has 0 bridgehead atoms. The van der Waals surface area contributed by atoms with Crippen molar-refractivity contribution in [3.63, 3.8) is 0 Å². The molecular weight excluding hydrogens is 374 g/mol. The molecule has 0 spiro atoms. The van der Waals surface area contributed by atoms with E-state index in [1.807, 2.05) is 26.0 Å². The molecule has 0 unspecified atom stereocenters. The van der Waals surface area contributed by atoms with E-state index in [1.54, 1.807) is 30.3 Å². The molecule has 0 atom stereocenters. The van der Waals surface area contributed by atoms with Crippen molar-refractivity contribution in [3.05, 3.63) is 53.6 Å². The first-order chi connectivity index (χ1) is 13.4. The van der Waals surface area contributed by atoms with E-state index in [1.165, 1.54) is 7.11 Å². The molecule has 28 heavy (non-hydrogen) atoms. The van der Waals surface area contributed by atoms with Gasteiger partial charge in [-0.2, -0.15) is 0 Å². The second-order valence-corrected chi connectivity index (χ2v) is 6.75. The van der Waals surface area contributed by atoms with Crippen molar-refractivity contribution in [1.29, 1.82) is 0 Å². The summed E-state index contributed by atoms with van der Waals surface area (Å²) in [6.07, 6.45) is 2.26. The molecule has 3 N–H and O–H groups in total. The standard InChI is InChI=1S/C21H25N3O3S/c1-4-5-6-19(25)23-17-12-11-16(13-18(17)27-3)22-21(28)24-20(26)15-9-7-14(2)8-10-15/h7-13H,4-6H2,1-3H3,(H,23,25)(H2,22,24,26,28). The second-order valence-electron chi connectivity index (χ2n) is 6.34. The molecule has 2 aromatic carbocycles. The number of benzene rings is 2. The molecule has 0 fully saturated rings. The van der Waals surface area contributed by atoms with Crippen molar-refractivity contribution in [1.82, 2.24) is 5.32 Å². The van der Waals surface area contributed by atoms with Crippen LogP contribution in [0.4, 0.5) is 11.4 Å². The molecule has 0 saturated carbocycles. The molecule has 0 aromatic heterocycles. The van der Waals surface area contributed by atoms with Crippen LogP contribution < -0.4 is 20.7 Å². The van der Waals surface area contributed by atoms with E-state index >= 15 is 0 Å². The number of thiocarbonyl (C=S) groups is 1. The van der Waals surface area contributed by atoms with Gasteiger partial charge in [0.25, 0.3) is 5.91 Å². The molecule has 2 rings (SSSR count). The summed E-state index contributed by atoms with van der Waals surface area (Å²) in [6.45, 7) is 3.99. The van der Waals surface area contributed by atoms with Gasteiger partial charge in [0.2, 0.25) is 5.91 Å². The van der Waals surface area contributed by atoms with Gasteiger partial charge < -0.3 is 15.4 Å². The Balaban J connectivity index is 1.99. The number of unbranched alkanes of at least 4 members (excludes halogenated alkanes) is 1. The van der Waals surface area contributed by atoms with Crippen molar-refractivity contribution in [2.45, 2.75) is 33.1 Å². The van der Waals surface area contributed by atoms with Crippen molar-refractivity contribution in [2.24, 2.45) is 0 Å². The van der Waals surface area contributed by atoms with Gasteiger partial charge in [-0.1, -0.05) is 31.0 Å². The van der Waals surface area contributed by atoms with Crippen molar-refractivity contribution in [3.8, 4) is 5.75 Å². The van der Waals surface area contributed by atoms with Crippen LogP contribution in [0.15, 0.2) is 42.5 Å². The maximum atomic E-state index is 12.2. The average molecular weight is 400 g/mol. The van der Waals surface area contributed by atoms with Crippen LogP contribution >= 0.6 is 12.2 Å². The Morgan fingerprint density at radius 2 is 1.79 bits per heavy atom. The van der Waals surface area contributed by atoms with Gasteiger partial charge in [0.1, 0.15) is 5.75 Å². The Morgan fingerprint density at radius 3 is 2.43 bits per heavy atom. The van der Waals surface area contributed by atoms with Gasteiger partial charge in [0.15, 0.2) is 5.11 Å². The lowest BCUT2D eigenvalue weighted by Crippen LogP contribution is -2.34. The Morgan fingerprint density at radius 1 is 1.07 bits per heavy atom. The van der Waals surface area contributed by atoms with Gasteiger partial charge >= 0.3 is 0 Å². The highest BCUT2D eigenvalue weighted by molar-refractivity contribution is 7.80. The maximum absolute atomic E-state index is 12.2. The molecule has 2 amide bonds. The monoisotopic (exact) mass is 399 g/mol. The number of carbonyl (C=O) groups excluding carboxylic acids is 2. The predicted molar refractivity (Wildman–Crippen MR) is 116 cm³/mol. The number of rotatable bonds is 7. The number of amides is 2. The summed E-state index contributed by atoms with van der Waals surface area (Å²) in [5.41, 5.74) is 2.82. The van der Waals surface area contributed by atoms with Crippen molar-refractivity contribution >= 4 is 40.5 Å². The van der Waals surface area contributed by atoms with Gasteiger partial charge in [-0.05, 0) is 49.8 Å². The van der Waals surface area contributed by atoms with E-state index in [0.29, 0.717) is 29.1 Å². The highest BCUT2D eigenvalue weighted by Gasteiger charge is 2.11. The Kier molecular flexibility index (Phi) is 7.95. The SMILES string of the molecule is CCCCC(=O)Nc1ccc(NC(=S)NC(=O)c2ccc(C)cc2)cc1OC. The molecule has 0 aliphatic rings. The number of nitrogens with one attached hydrogen (secondary N) is 3. The van der Waals surface area contributed by atoms with Gasteiger partial charge in [-0.15, -0.1) is 0 Å². The number of aryl methyl sites for hydroxylation is 1. The van der Waals surface area contributed by atoms with Crippen LogP contribution in [0.25, 0.3) is 0 Å². The summed E-state index contributed by atoms with van der Waals surface area (Å²) in [5, 5.41) is 8.61. The Hall–Kier alpha value is -2.93. The minimum atomic E-state index is -0.288. The average Bonchev–Trinajstić information content (AvgIpc) is 2.67. The van der Waals surface area contributed by atoms with E-state index in [9.17, 15) is 9.59 Å². The van der Waals surface area contributed by atoms with E-state index in [-0.39, 0.29) is 16.9 Å². The van der Waals surface area contributed by atoms with Crippen LogP contribution in [0.5, 0.6) is 5.75 Å². The quantitative estimate of drug-likeness (QED) is 0.606. The van der Waals surface area contributed by atoms with Crippen molar-refractivity contribution < 1.29 is 14.3 Å². The third-order valence-corrected chi connectivity index (χ3v) is 4.24. The van der Waals surface area contributed by atoms with Crippen LogP contribution in [0.3, 0.4) is 0 Å². The first kappa shape index (κ1) is 21.4. The molecule has 7 heteroatoms. The molecular formula is C21H25N3O3S. The molecule has 0 saturated heterocycles. The van der Waals surface area contributed by atoms with Gasteiger partial charge in [-0.25, -0.2) is 0 Å². The van der Waals surface area contributed by atoms with Crippen LogP contribution in [-0.4, -0.2) is 24.0 Å². The fourth-order valence-electron chi connectivity index (χ4n) is 2.46. The van der Waals surface area contributed by atoms with Crippen LogP contribution in [0.1, 0.15) is 42.1 Å². The summed E-state index contributed by atoms with van der Waals surface area (Å²) in [6, 6.07) is 12.4. The first-order valence-corrected chi connectivity index (χ1v) is 9.50. The van der Waals surface area contributed by atoms with E-state index in [2.05, 4.69) is 16.0 Å². The van der Waals surface area contributed by atoms with Gasteiger partial charge in [-0.3, -0.25) is 14.9 Å². The minimum Gasteiger partial charge on any atom is -0.494 e. The lowest BCUT2D eigenvalue weighted by Gasteiger charge is -2.14. The third-order valence-electron chi connectivity index (χ3n) is 4.03. The molecule has 6 nitrogen and oxygen atoms in total. The number of carbonyl (C=O) groups is 2. The molecule has 0 aliphatic heterocycles. The van der Waals surface area contributed by atoms with Gasteiger partial charge in [0.05, 0.1) is 12.8 Å². The lowest BCUT2D eigenvalue weighted by molar-refractivity contribution is -0.116. The number of anilines is 2. The highest BCUT2D eigenvalue weighted by atomic mass is 32.1. The lowest BCUT2D eigenvalue weighted by atomic mass is 10.1. The fourth-order valence-corrected chi connectivity index (χ4v) is 2.68. The second kappa shape index (κ2) is 10.4. The van der Waals surface area contributed by atoms with Crippen LogP contribution in [0, 0.1) is 6.92 Å². The number of hydrogen-bond acceptors (Lipinski definition) is 4. The number of hydrogen-bond donors (Lipinski definition) is 3. The van der Waals surface area contributed by atoms with Crippen molar-refractivity contribution in [2.75, 3.05) is 17.7 Å². The molecule has 148 valence electrons. The summed E-state index contributed by atoms with van der Waals surface area (Å²) < 4.78 is 5.35. The van der Waals surface area contributed by atoms with Crippen LogP contribution in [-0.2, 0) is 4.79 Å². The highest BCUT2D eigenvalue weighted by Crippen LogP contribution is 2.28. The topological polar surface area (TPSA) is 79.5 Å². The summed E-state index contributed by atoms with van der Waals surface area (Å²) in [7, 11) is 1.53. The fraction of sp³-hybridized carbons (Fsp3) is 0.286. The summed E-state index contributed by atoms with van der Waals surface area (Å²) >= 11 is 5.21. The number of methoxy groups -OCH3 is 1. The van der Waals surface area contributed by atoms with Crippen LogP contribution in [0.2, 0.25) is 0 Å². The predicted octanol–water partition coefficient (Wildman–Crippen LogP) is 4.26. The Labute approximate surface area is 170 Å². The minimum absolute atomic E-state index is 0.0539. The van der Waals surface area contributed by atoms with Gasteiger partial charge in [0, 0.05) is 23.7 Å². The third kappa shape index (κ3) is 6.35. The van der Waals surface area contributed by atoms with E-state index in [0.717, 1.165) is 18.4 Å². The van der Waals surface area contributed by atoms with E-state index in [4.69, 9.17) is 17.0 Å². The molecule has 2 aromatic rings. The zero-order valence-electron chi connectivity index (χ0n) is 16.3. The normalized spacial score (nSPS) is 10.1. The molecule has 0 heterocycles. The largest absolute Gasteiger partial charge is 0.494 e. The molecule has 0 radical (unpaired) electrons. The zero-order valence-corrected chi connectivity index (χ0v) is 17.1. The summed E-state index contributed by atoms with van der Waals surface area (Å²) in [5.74, 6) is 0.161.